The SMILES string of the molecule is Oc1ccc(/C=C/c2ccc3cc(F)c(Cl)cc3n2)cc1. The van der Waals surface area contributed by atoms with Gasteiger partial charge in [0.2, 0.25) is 0 Å². The third-order valence-corrected chi connectivity index (χ3v) is 3.38. The van der Waals surface area contributed by atoms with E-state index < -0.39 is 5.82 Å². The summed E-state index contributed by atoms with van der Waals surface area (Å²) < 4.78 is 13.4. The van der Waals surface area contributed by atoms with Crippen molar-refractivity contribution in [2.45, 2.75) is 0 Å². The van der Waals surface area contributed by atoms with Crippen molar-refractivity contribution in [3.05, 3.63) is 70.6 Å². The van der Waals surface area contributed by atoms with E-state index in [1.165, 1.54) is 12.1 Å². The molecule has 0 fully saturated rings. The number of phenols is 1. The van der Waals surface area contributed by atoms with Crippen LogP contribution in [0.2, 0.25) is 5.02 Å². The molecule has 3 aromatic rings. The first-order chi connectivity index (χ1) is 10.1. The highest BCUT2D eigenvalue weighted by atomic mass is 35.5. The Kier molecular flexibility index (Phi) is 3.59. The largest absolute Gasteiger partial charge is 0.508 e. The lowest BCUT2D eigenvalue weighted by Gasteiger charge is -2.01. The molecule has 0 aliphatic rings. The molecule has 0 radical (unpaired) electrons. The van der Waals surface area contributed by atoms with Gasteiger partial charge in [-0.05, 0) is 42.0 Å². The van der Waals surface area contributed by atoms with Gasteiger partial charge in [-0.1, -0.05) is 35.9 Å². The van der Waals surface area contributed by atoms with Gasteiger partial charge in [-0.3, -0.25) is 0 Å². The predicted molar refractivity (Wildman–Crippen MR) is 83.7 cm³/mol. The van der Waals surface area contributed by atoms with E-state index in [1.807, 2.05) is 18.2 Å². The molecule has 4 heteroatoms. The van der Waals surface area contributed by atoms with Gasteiger partial charge in [-0.2, -0.15) is 0 Å². The van der Waals surface area contributed by atoms with Gasteiger partial charge >= 0.3 is 0 Å². The van der Waals surface area contributed by atoms with Crippen molar-refractivity contribution in [1.82, 2.24) is 4.98 Å². The molecule has 0 saturated heterocycles. The molecule has 0 atom stereocenters. The molecule has 0 amide bonds. The Morgan fingerprint density at radius 2 is 1.76 bits per heavy atom. The number of hydrogen-bond acceptors (Lipinski definition) is 2. The van der Waals surface area contributed by atoms with Crippen LogP contribution in [0.5, 0.6) is 5.75 Å². The van der Waals surface area contributed by atoms with Crippen molar-refractivity contribution in [2.75, 3.05) is 0 Å². The van der Waals surface area contributed by atoms with E-state index in [0.29, 0.717) is 10.9 Å². The molecule has 0 aliphatic heterocycles. The van der Waals surface area contributed by atoms with Crippen LogP contribution in [0.4, 0.5) is 4.39 Å². The van der Waals surface area contributed by atoms with E-state index in [9.17, 15) is 9.50 Å². The first kappa shape index (κ1) is 13.6. The molecule has 0 bridgehead atoms. The van der Waals surface area contributed by atoms with Gasteiger partial charge in [-0.25, -0.2) is 9.37 Å². The van der Waals surface area contributed by atoms with Crippen LogP contribution < -0.4 is 0 Å². The average molecular weight is 300 g/mol. The van der Waals surface area contributed by atoms with E-state index in [2.05, 4.69) is 4.98 Å². The zero-order chi connectivity index (χ0) is 14.8. The quantitative estimate of drug-likeness (QED) is 0.730. The lowest BCUT2D eigenvalue weighted by molar-refractivity contribution is 0.475. The molecule has 0 unspecified atom stereocenters. The summed E-state index contributed by atoms with van der Waals surface area (Å²) >= 11 is 5.77. The van der Waals surface area contributed by atoms with Crippen molar-refractivity contribution >= 4 is 34.7 Å². The lowest BCUT2D eigenvalue weighted by atomic mass is 10.1. The maximum absolute atomic E-state index is 13.4. The van der Waals surface area contributed by atoms with E-state index in [0.717, 1.165) is 11.3 Å². The molecule has 21 heavy (non-hydrogen) atoms. The molecule has 0 aliphatic carbocycles. The summed E-state index contributed by atoms with van der Waals surface area (Å²) in [5.41, 5.74) is 2.35. The Balaban J connectivity index is 1.94. The van der Waals surface area contributed by atoms with Gasteiger partial charge < -0.3 is 5.11 Å². The Bertz CT molecular complexity index is 828. The number of halogens is 2. The first-order valence-electron chi connectivity index (χ1n) is 6.35. The minimum absolute atomic E-state index is 0.0645. The fourth-order valence-corrected chi connectivity index (χ4v) is 2.15. The van der Waals surface area contributed by atoms with Gasteiger partial charge in [0.1, 0.15) is 11.6 Å². The molecule has 0 saturated carbocycles. The monoisotopic (exact) mass is 299 g/mol. The number of pyridine rings is 1. The Hall–Kier alpha value is -2.39. The van der Waals surface area contributed by atoms with Crippen LogP contribution in [-0.4, -0.2) is 10.1 Å². The summed E-state index contributed by atoms with van der Waals surface area (Å²) in [4.78, 5) is 4.42. The standard InChI is InChI=1S/C17H11ClFNO/c18-15-10-17-12(9-16(15)19)4-6-13(20-17)5-1-11-2-7-14(21)8-3-11/h1-10,21H/b5-1+. The topological polar surface area (TPSA) is 33.1 Å². The van der Waals surface area contributed by atoms with Crippen LogP contribution in [0.1, 0.15) is 11.3 Å². The van der Waals surface area contributed by atoms with E-state index >= 15 is 0 Å². The second-order valence-electron chi connectivity index (χ2n) is 4.62. The van der Waals surface area contributed by atoms with Crippen LogP contribution in [0.3, 0.4) is 0 Å². The van der Waals surface area contributed by atoms with Gasteiger partial charge in [-0.15, -0.1) is 0 Å². The first-order valence-corrected chi connectivity index (χ1v) is 6.72. The third kappa shape index (κ3) is 3.03. The van der Waals surface area contributed by atoms with Gasteiger partial charge in [0.25, 0.3) is 0 Å². The third-order valence-electron chi connectivity index (χ3n) is 3.09. The Morgan fingerprint density at radius 3 is 2.52 bits per heavy atom. The van der Waals surface area contributed by atoms with Crippen LogP contribution >= 0.6 is 11.6 Å². The number of aromatic nitrogens is 1. The lowest BCUT2D eigenvalue weighted by Crippen LogP contribution is -1.85. The fraction of sp³-hybridized carbons (Fsp3) is 0. The van der Waals surface area contributed by atoms with Crippen LogP contribution in [-0.2, 0) is 0 Å². The van der Waals surface area contributed by atoms with Gasteiger partial charge in [0, 0.05) is 5.39 Å². The van der Waals surface area contributed by atoms with Crippen molar-refractivity contribution in [3.63, 3.8) is 0 Å². The molecule has 1 aromatic heterocycles. The number of rotatable bonds is 2. The summed E-state index contributed by atoms with van der Waals surface area (Å²) in [7, 11) is 0. The van der Waals surface area contributed by atoms with Crippen LogP contribution in [0, 0.1) is 5.82 Å². The van der Waals surface area contributed by atoms with Crippen LogP contribution in [0.15, 0.2) is 48.5 Å². The zero-order valence-corrected chi connectivity index (χ0v) is 11.7. The summed E-state index contributed by atoms with van der Waals surface area (Å²) in [6, 6.07) is 13.4. The summed E-state index contributed by atoms with van der Waals surface area (Å²) in [5.74, 6) is -0.217. The molecule has 1 heterocycles. The normalized spacial score (nSPS) is 11.3. The predicted octanol–water partition coefficient (Wildman–Crippen LogP) is 4.90. The van der Waals surface area contributed by atoms with Gasteiger partial charge in [0.05, 0.1) is 16.2 Å². The van der Waals surface area contributed by atoms with Crippen molar-refractivity contribution in [2.24, 2.45) is 0 Å². The maximum Gasteiger partial charge on any atom is 0.142 e. The van der Waals surface area contributed by atoms with Crippen molar-refractivity contribution in [1.29, 1.82) is 0 Å². The highest BCUT2D eigenvalue weighted by Gasteiger charge is 2.03. The second-order valence-corrected chi connectivity index (χ2v) is 5.03. The van der Waals surface area contributed by atoms with E-state index in [4.69, 9.17) is 11.6 Å². The minimum Gasteiger partial charge on any atom is -0.508 e. The Morgan fingerprint density at radius 1 is 1.00 bits per heavy atom. The van der Waals surface area contributed by atoms with E-state index in [1.54, 1.807) is 30.3 Å². The van der Waals surface area contributed by atoms with Crippen LogP contribution in [0.25, 0.3) is 23.1 Å². The summed E-state index contributed by atoms with van der Waals surface area (Å²) in [6.45, 7) is 0. The number of fused-ring (bicyclic) bond motifs is 1. The molecule has 3 rings (SSSR count). The van der Waals surface area contributed by atoms with Gasteiger partial charge in [0.15, 0.2) is 0 Å². The van der Waals surface area contributed by atoms with Crippen molar-refractivity contribution in [3.8, 4) is 5.75 Å². The number of nitrogens with zero attached hydrogens (tertiary/aromatic N) is 1. The Labute approximate surface area is 126 Å². The van der Waals surface area contributed by atoms with E-state index in [-0.39, 0.29) is 10.8 Å². The molecule has 2 aromatic carbocycles. The zero-order valence-electron chi connectivity index (χ0n) is 10.9. The molecule has 104 valence electrons. The molecule has 2 nitrogen and oxygen atoms in total. The number of aromatic hydroxyl groups is 1. The molecular weight excluding hydrogens is 289 g/mol. The maximum atomic E-state index is 13.4. The summed E-state index contributed by atoms with van der Waals surface area (Å²) in [5, 5.41) is 10.0. The number of phenolic OH excluding ortho intramolecular Hbond substituents is 1. The second kappa shape index (κ2) is 5.54. The summed E-state index contributed by atoms with van der Waals surface area (Å²) in [6.07, 6.45) is 3.74. The van der Waals surface area contributed by atoms with Crippen molar-refractivity contribution < 1.29 is 9.50 Å². The number of benzene rings is 2. The average Bonchev–Trinajstić information content (AvgIpc) is 2.48. The smallest absolute Gasteiger partial charge is 0.142 e. The molecule has 1 N–H and O–H groups in total. The molecular formula is C17H11ClFNO. The number of hydrogen-bond donors (Lipinski definition) is 1. The molecule has 0 spiro atoms. The highest BCUT2D eigenvalue weighted by Crippen LogP contribution is 2.22. The minimum atomic E-state index is -0.446. The highest BCUT2D eigenvalue weighted by molar-refractivity contribution is 6.31. The fourth-order valence-electron chi connectivity index (χ4n) is 1.99.